The molecule has 2 rings (SSSR count). The van der Waals surface area contributed by atoms with Gasteiger partial charge >= 0.3 is 0 Å². The Bertz CT molecular complexity index is 745. The molecule has 0 bridgehead atoms. The molecule has 3 nitrogen and oxygen atoms in total. The zero-order valence-electron chi connectivity index (χ0n) is 14.8. The van der Waals surface area contributed by atoms with Crippen LogP contribution >= 0.6 is 23.2 Å². The summed E-state index contributed by atoms with van der Waals surface area (Å²) in [4.78, 5) is 0. The Labute approximate surface area is 158 Å². The fourth-order valence-electron chi connectivity index (χ4n) is 2.14. The lowest BCUT2D eigenvalue weighted by molar-refractivity contribution is 0.284. The molecule has 0 aliphatic rings. The van der Waals surface area contributed by atoms with Gasteiger partial charge in [0, 0.05) is 28.7 Å². The van der Waals surface area contributed by atoms with E-state index in [1.54, 1.807) is 19.2 Å². The van der Waals surface area contributed by atoms with Gasteiger partial charge in [0.2, 0.25) is 0 Å². The molecule has 0 saturated heterocycles. The minimum atomic E-state index is -0.384. The summed E-state index contributed by atoms with van der Waals surface area (Å²) < 4.78 is 24.3. The minimum absolute atomic E-state index is 0.0228. The van der Waals surface area contributed by atoms with Gasteiger partial charge in [-0.3, -0.25) is 0 Å². The Kier molecular flexibility index (Phi) is 6.55. The maximum absolute atomic E-state index is 13.1. The molecule has 0 saturated carbocycles. The maximum Gasteiger partial charge on any atom is 0.163 e. The first kappa shape index (κ1) is 19.8. The molecule has 0 atom stereocenters. The predicted molar refractivity (Wildman–Crippen MR) is 100 cm³/mol. The Morgan fingerprint density at radius 1 is 1.00 bits per heavy atom. The van der Waals surface area contributed by atoms with Crippen LogP contribution in [0.4, 0.5) is 4.39 Å². The van der Waals surface area contributed by atoms with Gasteiger partial charge in [-0.15, -0.1) is 0 Å². The van der Waals surface area contributed by atoms with E-state index in [1.807, 2.05) is 6.07 Å². The Morgan fingerprint density at radius 2 is 1.68 bits per heavy atom. The summed E-state index contributed by atoms with van der Waals surface area (Å²) in [6.07, 6.45) is 0. The van der Waals surface area contributed by atoms with Crippen molar-refractivity contribution < 1.29 is 13.9 Å². The summed E-state index contributed by atoms with van der Waals surface area (Å²) in [6.45, 7) is 7.06. The second-order valence-corrected chi connectivity index (χ2v) is 7.54. The topological polar surface area (TPSA) is 30.5 Å². The van der Waals surface area contributed by atoms with E-state index in [0.717, 1.165) is 5.56 Å². The summed E-state index contributed by atoms with van der Waals surface area (Å²) in [6, 6.07) is 7.76. The average molecular weight is 386 g/mol. The van der Waals surface area contributed by atoms with Crippen LogP contribution in [0.3, 0.4) is 0 Å². The molecule has 2 aromatic carbocycles. The first-order valence-corrected chi connectivity index (χ1v) is 8.63. The maximum atomic E-state index is 13.1. The van der Waals surface area contributed by atoms with Crippen molar-refractivity contribution in [2.24, 2.45) is 0 Å². The highest BCUT2D eigenvalue weighted by atomic mass is 35.5. The zero-order chi connectivity index (χ0) is 18.6. The molecule has 6 heteroatoms. The molecular formula is C19H22Cl2FNO2. The molecule has 0 aliphatic carbocycles. The van der Waals surface area contributed by atoms with Crippen LogP contribution in [0.2, 0.25) is 10.0 Å². The van der Waals surface area contributed by atoms with Gasteiger partial charge in [0.05, 0.1) is 12.1 Å². The number of benzene rings is 2. The number of rotatable bonds is 6. The van der Waals surface area contributed by atoms with Gasteiger partial charge < -0.3 is 14.8 Å². The number of hydrogen-bond donors (Lipinski definition) is 1. The third-order valence-electron chi connectivity index (χ3n) is 3.54. The van der Waals surface area contributed by atoms with E-state index >= 15 is 0 Å². The van der Waals surface area contributed by atoms with Crippen molar-refractivity contribution in [3.05, 3.63) is 57.3 Å². The lowest BCUT2D eigenvalue weighted by Gasteiger charge is -2.21. The van der Waals surface area contributed by atoms with Gasteiger partial charge in [-0.25, -0.2) is 4.39 Å². The summed E-state index contributed by atoms with van der Waals surface area (Å²) in [7, 11) is 1.57. The third-order valence-corrected chi connectivity index (χ3v) is 4.24. The number of nitrogens with one attached hydrogen (secondary N) is 1. The highest BCUT2D eigenvalue weighted by Crippen LogP contribution is 2.34. The van der Waals surface area contributed by atoms with Crippen molar-refractivity contribution in [3.63, 3.8) is 0 Å². The van der Waals surface area contributed by atoms with Crippen LogP contribution in [0.5, 0.6) is 11.5 Å². The van der Waals surface area contributed by atoms with E-state index in [1.165, 1.54) is 12.1 Å². The summed E-state index contributed by atoms with van der Waals surface area (Å²) in [5, 5.41) is 4.28. The van der Waals surface area contributed by atoms with E-state index in [4.69, 9.17) is 32.7 Å². The van der Waals surface area contributed by atoms with Crippen LogP contribution in [0.15, 0.2) is 30.3 Å². The number of halogens is 3. The average Bonchev–Trinajstić information content (AvgIpc) is 2.52. The molecule has 0 radical (unpaired) electrons. The van der Waals surface area contributed by atoms with Crippen LogP contribution < -0.4 is 14.8 Å². The highest BCUT2D eigenvalue weighted by molar-refractivity contribution is 6.31. The normalized spacial score (nSPS) is 11.5. The van der Waals surface area contributed by atoms with Crippen molar-refractivity contribution in [2.45, 2.75) is 39.5 Å². The monoisotopic (exact) mass is 385 g/mol. The smallest absolute Gasteiger partial charge is 0.163 e. The zero-order valence-corrected chi connectivity index (χ0v) is 16.3. The van der Waals surface area contributed by atoms with Crippen molar-refractivity contribution >= 4 is 23.2 Å². The van der Waals surface area contributed by atoms with Gasteiger partial charge in [0.25, 0.3) is 0 Å². The van der Waals surface area contributed by atoms with Crippen molar-refractivity contribution in [3.8, 4) is 11.5 Å². The van der Waals surface area contributed by atoms with Crippen molar-refractivity contribution in [1.29, 1.82) is 0 Å². The largest absolute Gasteiger partial charge is 0.493 e. The van der Waals surface area contributed by atoms with Crippen molar-refractivity contribution in [2.75, 3.05) is 7.11 Å². The van der Waals surface area contributed by atoms with Gasteiger partial charge in [-0.05, 0) is 44.5 Å². The van der Waals surface area contributed by atoms with Crippen LogP contribution in [0, 0.1) is 5.82 Å². The minimum Gasteiger partial charge on any atom is -0.493 e. The van der Waals surface area contributed by atoms with Gasteiger partial charge in [0.1, 0.15) is 12.4 Å². The van der Waals surface area contributed by atoms with E-state index in [-0.39, 0.29) is 18.0 Å². The predicted octanol–water partition coefficient (Wildman–Crippen LogP) is 5.61. The van der Waals surface area contributed by atoms with E-state index in [9.17, 15) is 4.39 Å². The molecule has 0 aromatic heterocycles. The van der Waals surface area contributed by atoms with Crippen LogP contribution in [-0.2, 0) is 13.2 Å². The summed E-state index contributed by atoms with van der Waals surface area (Å²) in [5.74, 6) is 0.700. The molecule has 0 fully saturated rings. The van der Waals surface area contributed by atoms with Gasteiger partial charge in [0.15, 0.2) is 11.5 Å². The van der Waals surface area contributed by atoms with Crippen molar-refractivity contribution in [1.82, 2.24) is 5.32 Å². The summed E-state index contributed by atoms with van der Waals surface area (Å²) >= 11 is 12.4. The van der Waals surface area contributed by atoms with Gasteiger partial charge in [-0.1, -0.05) is 29.3 Å². The van der Waals surface area contributed by atoms with E-state index < -0.39 is 0 Å². The third kappa shape index (κ3) is 5.77. The SMILES string of the molecule is COc1cc(CNC(C)(C)C)c(Cl)cc1OCc1ccc(F)cc1Cl. The molecule has 0 spiro atoms. The fourth-order valence-corrected chi connectivity index (χ4v) is 2.58. The molecule has 0 amide bonds. The first-order valence-electron chi connectivity index (χ1n) is 7.88. The fraction of sp³-hybridized carbons (Fsp3) is 0.368. The second-order valence-electron chi connectivity index (χ2n) is 6.72. The Morgan fingerprint density at radius 3 is 2.28 bits per heavy atom. The lowest BCUT2D eigenvalue weighted by atomic mass is 10.1. The quantitative estimate of drug-likeness (QED) is 0.700. The number of methoxy groups -OCH3 is 1. The summed E-state index contributed by atoms with van der Waals surface area (Å²) in [5.41, 5.74) is 1.57. The van der Waals surface area contributed by atoms with Crippen LogP contribution in [0.1, 0.15) is 31.9 Å². The molecule has 25 heavy (non-hydrogen) atoms. The molecule has 0 heterocycles. The molecule has 2 aromatic rings. The Hall–Kier alpha value is -1.49. The highest BCUT2D eigenvalue weighted by Gasteiger charge is 2.14. The standard InChI is InChI=1S/C19H22Cl2FNO2/c1-19(2,3)23-10-13-7-17(24-4)18(9-16(13)21)25-11-12-5-6-14(22)8-15(12)20/h5-9,23H,10-11H2,1-4H3. The molecule has 136 valence electrons. The molecular weight excluding hydrogens is 364 g/mol. The first-order chi connectivity index (χ1) is 11.7. The van der Waals surface area contributed by atoms with E-state index in [2.05, 4.69) is 26.1 Å². The second kappa shape index (κ2) is 8.26. The van der Waals surface area contributed by atoms with Crippen LogP contribution in [0.25, 0.3) is 0 Å². The Balaban J connectivity index is 2.16. The van der Waals surface area contributed by atoms with Crippen LogP contribution in [-0.4, -0.2) is 12.6 Å². The van der Waals surface area contributed by atoms with Gasteiger partial charge in [-0.2, -0.15) is 0 Å². The molecule has 1 N–H and O–H groups in total. The van der Waals surface area contributed by atoms with E-state index in [0.29, 0.717) is 33.7 Å². The lowest BCUT2D eigenvalue weighted by Crippen LogP contribution is -2.35. The molecule has 0 unspecified atom stereocenters. The number of ether oxygens (including phenoxy) is 2. The molecule has 0 aliphatic heterocycles. The number of hydrogen-bond acceptors (Lipinski definition) is 3.